The van der Waals surface area contributed by atoms with Crippen molar-refractivity contribution in [3.8, 4) is 0 Å². The first-order valence-corrected chi connectivity index (χ1v) is 5.45. The molecule has 0 radical (unpaired) electrons. The van der Waals surface area contributed by atoms with E-state index in [4.69, 9.17) is 10.8 Å². The monoisotopic (exact) mass is 231 g/mol. The van der Waals surface area contributed by atoms with Crippen molar-refractivity contribution in [1.82, 2.24) is 10.2 Å². The summed E-state index contributed by atoms with van der Waals surface area (Å²) in [5.41, 5.74) is 4.81. The van der Waals surface area contributed by atoms with E-state index in [2.05, 4.69) is 0 Å². The highest BCUT2D eigenvalue weighted by Gasteiger charge is 2.05. The van der Waals surface area contributed by atoms with Gasteiger partial charge in [-0.05, 0) is 32.9 Å². The van der Waals surface area contributed by atoms with Gasteiger partial charge in [-0.2, -0.15) is 0 Å². The SMILES string of the molecule is CN(CCCCCO)CCC(=O)NC(N)=O. The number of nitrogens with one attached hydrogen (secondary N) is 1. The van der Waals surface area contributed by atoms with Crippen LogP contribution in [-0.4, -0.2) is 48.7 Å². The zero-order valence-electron chi connectivity index (χ0n) is 9.74. The summed E-state index contributed by atoms with van der Waals surface area (Å²) in [4.78, 5) is 23.4. The maximum atomic E-state index is 11.1. The Morgan fingerprint density at radius 3 is 2.50 bits per heavy atom. The number of unbranched alkanes of at least 4 members (excludes halogenated alkanes) is 2. The number of hydrogen-bond acceptors (Lipinski definition) is 4. The minimum atomic E-state index is -0.810. The summed E-state index contributed by atoms with van der Waals surface area (Å²) in [7, 11) is 1.91. The smallest absolute Gasteiger partial charge is 0.318 e. The van der Waals surface area contributed by atoms with E-state index < -0.39 is 6.03 Å². The fourth-order valence-electron chi connectivity index (χ4n) is 1.27. The van der Waals surface area contributed by atoms with Gasteiger partial charge in [0.2, 0.25) is 5.91 Å². The molecule has 16 heavy (non-hydrogen) atoms. The van der Waals surface area contributed by atoms with Gasteiger partial charge in [0.15, 0.2) is 0 Å². The fourth-order valence-corrected chi connectivity index (χ4v) is 1.27. The van der Waals surface area contributed by atoms with E-state index >= 15 is 0 Å². The molecule has 0 fully saturated rings. The Hall–Kier alpha value is -1.14. The highest BCUT2D eigenvalue weighted by molar-refractivity contribution is 5.93. The molecular formula is C10H21N3O3. The predicted octanol–water partition coefficient (Wildman–Crippen LogP) is -0.334. The largest absolute Gasteiger partial charge is 0.396 e. The Bertz CT molecular complexity index is 221. The second-order valence-electron chi connectivity index (χ2n) is 3.75. The van der Waals surface area contributed by atoms with E-state index in [9.17, 15) is 9.59 Å². The average molecular weight is 231 g/mol. The van der Waals surface area contributed by atoms with Crippen molar-refractivity contribution in [3.63, 3.8) is 0 Å². The summed E-state index contributed by atoms with van der Waals surface area (Å²) in [6.07, 6.45) is 3.05. The molecule has 0 aliphatic heterocycles. The van der Waals surface area contributed by atoms with E-state index in [-0.39, 0.29) is 18.9 Å². The van der Waals surface area contributed by atoms with Gasteiger partial charge in [-0.1, -0.05) is 0 Å². The number of aliphatic hydroxyl groups excluding tert-OH is 1. The molecule has 0 rings (SSSR count). The number of urea groups is 1. The summed E-state index contributed by atoms with van der Waals surface area (Å²) in [6, 6.07) is -0.810. The molecular weight excluding hydrogens is 210 g/mol. The van der Waals surface area contributed by atoms with E-state index in [1.807, 2.05) is 17.3 Å². The van der Waals surface area contributed by atoms with Crippen molar-refractivity contribution in [2.45, 2.75) is 25.7 Å². The Morgan fingerprint density at radius 1 is 1.25 bits per heavy atom. The van der Waals surface area contributed by atoms with Crippen LogP contribution in [0.15, 0.2) is 0 Å². The molecule has 0 atom stereocenters. The molecule has 0 heterocycles. The predicted molar refractivity (Wildman–Crippen MR) is 60.8 cm³/mol. The van der Waals surface area contributed by atoms with Crippen molar-refractivity contribution in [3.05, 3.63) is 0 Å². The van der Waals surface area contributed by atoms with Crippen LogP contribution >= 0.6 is 0 Å². The summed E-state index contributed by atoms with van der Waals surface area (Å²) in [5, 5.41) is 10.6. The van der Waals surface area contributed by atoms with Gasteiger partial charge in [0.25, 0.3) is 0 Å². The lowest BCUT2D eigenvalue weighted by Crippen LogP contribution is -2.36. The third-order valence-electron chi connectivity index (χ3n) is 2.18. The standard InChI is InChI=1S/C10H21N3O3/c1-13(6-3-2-4-8-14)7-5-9(15)12-10(11)16/h14H,2-8H2,1H3,(H3,11,12,15,16). The number of nitrogens with two attached hydrogens (primary N) is 1. The van der Waals surface area contributed by atoms with Crippen LogP contribution in [0.1, 0.15) is 25.7 Å². The topological polar surface area (TPSA) is 95.7 Å². The zero-order valence-corrected chi connectivity index (χ0v) is 9.74. The number of amides is 3. The second-order valence-corrected chi connectivity index (χ2v) is 3.75. The summed E-state index contributed by atoms with van der Waals surface area (Å²) < 4.78 is 0. The van der Waals surface area contributed by atoms with E-state index in [0.717, 1.165) is 25.8 Å². The minimum absolute atomic E-state index is 0.227. The van der Waals surface area contributed by atoms with Gasteiger partial charge >= 0.3 is 6.03 Å². The molecule has 6 nitrogen and oxygen atoms in total. The number of carbonyl (C=O) groups excluding carboxylic acids is 2. The zero-order chi connectivity index (χ0) is 12.4. The van der Waals surface area contributed by atoms with Gasteiger partial charge in [-0.3, -0.25) is 10.1 Å². The van der Waals surface area contributed by atoms with Crippen molar-refractivity contribution < 1.29 is 14.7 Å². The Labute approximate surface area is 95.8 Å². The first-order chi connectivity index (χ1) is 7.56. The van der Waals surface area contributed by atoms with Crippen molar-refractivity contribution >= 4 is 11.9 Å². The van der Waals surface area contributed by atoms with Crippen LogP contribution in [0.5, 0.6) is 0 Å². The van der Waals surface area contributed by atoms with Gasteiger partial charge in [-0.15, -0.1) is 0 Å². The van der Waals surface area contributed by atoms with Crippen LogP contribution in [0.3, 0.4) is 0 Å². The number of rotatable bonds is 8. The molecule has 0 unspecified atom stereocenters. The highest BCUT2D eigenvalue weighted by atomic mass is 16.3. The molecule has 0 aliphatic rings. The second kappa shape index (κ2) is 9.11. The molecule has 0 bridgehead atoms. The highest BCUT2D eigenvalue weighted by Crippen LogP contribution is 1.97. The number of carbonyl (C=O) groups is 2. The molecule has 0 aromatic heterocycles. The maximum Gasteiger partial charge on any atom is 0.318 e. The normalized spacial score (nSPS) is 10.4. The van der Waals surface area contributed by atoms with Crippen molar-refractivity contribution in [2.75, 3.05) is 26.7 Å². The number of hydrogen-bond donors (Lipinski definition) is 3. The van der Waals surface area contributed by atoms with Crippen molar-refractivity contribution in [1.29, 1.82) is 0 Å². The number of primary amides is 1. The maximum absolute atomic E-state index is 11.1. The number of aliphatic hydroxyl groups is 1. The molecule has 0 aromatic carbocycles. The number of imide groups is 1. The fraction of sp³-hybridized carbons (Fsp3) is 0.800. The van der Waals surface area contributed by atoms with Crippen LogP contribution in [0.4, 0.5) is 4.79 Å². The van der Waals surface area contributed by atoms with Gasteiger partial charge in [0.1, 0.15) is 0 Å². The van der Waals surface area contributed by atoms with Gasteiger partial charge in [0, 0.05) is 19.6 Å². The Balaban J connectivity index is 3.45. The van der Waals surface area contributed by atoms with E-state index in [0.29, 0.717) is 6.54 Å². The van der Waals surface area contributed by atoms with Gasteiger partial charge in [0.05, 0.1) is 0 Å². The quantitative estimate of drug-likeness (QED) is 0.498. The van der Waals surface area contributed by atoms with Crippen LogP contribution in [0, 0.1) is 0 Å². The Kier molecular flexibility index (Phi) is 8.46. The molecule has 94 valence electrons. The van der Waals surface area contributed by atoms with Crippen LogP contribution < -0.4 is 11.1 Å². The lowest BCUT2D eigenvalue weighted by Gasteiger charge is -2.15. The van der Waals surface area contributed by atoms with Crippen LogP contribution in [0.25, 0.3) is 0 Å². The molecule has 0 aliphatic carbocycles. The summed E-state index contributed by atoms with van der Waals surface area (Å²) >= 11 is 0. The average Bonchev–Trinajstić information content (AvgIpc) is 2.20. The molecule has 3 amide bonds. The van der Waals surface area contributed by atoms with Gasteiger partial charge in [-0.25, -0.2) is 4.79 Å². The molecule has 4 N–H and O–H groups in total. The number of nitrogens with zero attached hydrogens (tertiary/aromatic N) is 1. The Morgan fingerprint density at radius 2 is 1.94 bits per heavy atom. The molecule has 0 aromatic rings. The first kappa shape index (κ1) is 14.9. The van der Waals surface area contributed by atoms with E-state index in [1.165, 1.54) is 0 Å². The van der Waals surface area contributed by atoms with Crippen LogP contribution in [-0.2, 0) is 4.79 Å². The first-order valence-electron chi connectivity index (χ1n) is 5.45. The lowest BCUT2D eigenvalue weighted by atomic mass is 10.2. The van der Waals surface area contributed by atoms with Crippen LogP contribution in [0.2, 0.25) is 0 Å². The third-order valence-corrected chi connectivity index (χ3v) is 2.18. The molecule has 0 saturated carbocycles. The molecule has 6 heteroatoms. The molecule has 0 spiro atoms. The summed E-state index contributed by atoms with van der Waals surface area (Å²) in [6.45, 7) is 1.70. The third kappa shape index (κ3) is 9.42. The minimum Gasteiger partial charge on any atom is -0.396 e. The summed E-state index contributed by atoms with van der Waals surface area (Å²) in [5.74, 6) is -0.352. The van der Waals surface area contributed by atoms with Gasteiger partial charge < -0.3 is 15.7 Å². The lowest BCUT2D eigenvalue weighted by molar-refractivity contribution is -0.120. The molecule has 0 saturated heterocycles. The van der Waals surface area contributed by atoms with E-state index in [1.54, 1.807) is 0 Å². The van der Waals surface area contributed by atoms with Crippen molar-refractivity contribution in [2.24, 2.45) is 5.73 Å².